The van der Waals surface area contributed by atoms with Gasteiger partial charge in [0.05, 0.1) is 5.69 Å². The Labute approximate surface area is 175 Å². The van der Waals surface area contributed by atoms with E-state index in [-0.39, 0.29) is 0 Å². The lowest BCUT2D eigenvalue weighted by atomic mass is 10.2. The first-order valence-corrected chi connectivity index (χ1v) is 10.3. The molecule has 0 saturated heterocycles. The third-order valence-electron chi connectivity index (χ3n) is 4.68. The first kappa shape index (κ1) is 22.7. The minimum Gasteiger partial charge on any atom is -0.487 e. The summed E-state index contributed by atoms with van der Waals surface area (Å²) in [6.07, 6.45) is 1.78. The monoisotopic (exact) mass is 397 g/mol. The highest BCUT2D eigenvalue weighted by Crippen LogP contribution is 2.14. The Kier molecular flexibility index (Phi) is 9.44. The smallest absolute Gasteiger partial charge is 0.191 e. The molecular formula is C23H35N5O. The van der Waals surface area contributed by atoms with Crippen LogP contribution < -0.4 is 15.4 Å². The molecule has 1 aromatic heterocycles. The van der Waals surface area contributed by atoms with Crippen LogP contribution in [-0.2, 0) is 13.2 Å². The van der Waals surface area contributed by atoms with Gasteiger partial charge in [-0.25, -0.2) is 0 Å². The molecular weight excluding hydrogens is 362 g/mol. The predicted octanol–water partition coefficient (Wildman–Crippen LogP) is 3.44. The summed E-state index contributed by atoms with van der Waals surface area (Å²) in [5, 5.41) is 6.77. The Morgan fingerprint density at radius 1 is 1.07 bits per heavy atom. The highest BCUT2D eigenvalue weighted by Gasteiger charge is 2.12. The van der Waals surface area contributed by atoms with E-state index in [1.165, 1.54) is 0 Å². The summed E-state index contributed by atoms with van der Waals surface area (Å²) in [6.45, 7) is 11.9. The largest absolute Gasteiger partial charge is 0.487 e. The number of pyridine rings is 1. The van der Waals surface area contributed by atoms with Crippen molar-refractivity contribution >= 4 is 5.96 Å². The van der Waals surface area contributed by atoms with Crippen molar-refractivity contribution in [3.8, 4) is 5.75 Å². The summed E-state index contributed by atoms with van der Waals surface area (Å²) >= 11 is 0. The molecule has 2 rings (SSSR count). The van der Waals surface area contributed by atoms with Crippen molar-refractivity contribution in [2.24, 2.45) is 4.99 Å². The molecule has 0 radical (unpaired) electrons. The molecule has 0 amide bonds. The van der Waals surface area contributed by atoms with E-state index in [0.29, 0.717) is 25.2 Å². The van der Waals surface area contributed by atoms with E-state index < -0.39 is 0 Å². The molecule has 0 fully saturated rings. The summed E-state index contributed by atoms with van der Waals surface area (Å²) in [5.74, 6) is 1.64. The van der Waals surface area contributed by atoms with Gasteiger partial charge in [0.25, 0.3) is 0 Å². The molecule has 29 heavy (non-hydrogen) atoms. The van der Waals surface area contributed by atoms with E-state index in [4.69, 9.17) is 4.74 Å². The zero-order valence-corrected chi connectivity index (χ0v) is 18.4. The van der Waals surface area contributed by atoms with Crippen LogP contribution in [0.5, 0.6) is 5.75 Å². The van der Waals surface area contributed by atoms with Crippen LogP contribution in [0.3, 0.4) is 0 Å². The fourth-order valence-corrected chi connectivity index (χ4v) is 3.21. The van der Waals surface area contributed by atoms with Crippen LogP contribution in [-0.4, -0.2) is 48.1 Å². The SMILES string of the molecule is CN=C(NCCN(C(C)C)C(C)C)NCc1cccc(OCc2ccccn2)c1. The van der Waals surface area contributed by atoms with E-state index in [1.807, 2.05) is 36.4 Å². The minimum absolute atomic E-state index is 0.461. The van der Waals surface area contributed by atoms with Gasteiger partial charge in [-0.05, 0) is 57.5 Å². The van der Waals surface area contributed by atoms with E-state index >= 15 is 0 Å². The van der Waals surface area contributed by atoms with Gasteiger partial charge < -0.3 is 15.4 Å². The summed E-state index contributed by atoms with van der Waals surface area (Å²) in [6, 6.07) is 15.0. The topological polar surface area (TPSA) is 61.8 Å². The maximum atomic E-state index is 5.86. The molecule has 0 spiro atoms. The number of aromatic nitrogens is 1. The Bertz CT molecular complexity index is 738. The third kappa shape index (κ3) is 8.11. The second kappa shape index (κ2) is 12.1. The lowest BCUT2D eigenvalue weighted by Crippen LogP contribution is -2.45. The van der Waals surface area contributed by atoms with Gasteiger partial charge in [-0.2, -0.15) is 0 Å². The van der Waals surface area contributed by atoms with Crippen molar-refractivity contribution in [1.82, 2.24) is 20.5 Å². The molecule has 6 nitrogen and oxygen atoms in total. The summed E-state index contributed by atoms with van der Waals surface area (Å²) < 4.78 is 5.86. The number of guanidine groups is 1. The number of nitrogens with zero attached hydrogens (tertiary/aromatic N) is 3. The molecule has 0 aliphatic rings. The van der Waals surface area contributed by atoms with Crippen molar-refractivity contribution in [3.63, 3.8) is 0 Å². The maximum absolute atomic E-state index is 5.86. The number of aliphatic imine (C=N–C) groups is 1. The number of ether oxygens (including phenoxy) is 1. The molecule has 158 valence electrons. The zero-order chi connectivity index (χ0) is 21.1. The van der Waals surface area contributed by atoms with Crippen LogP contribution in [0.4, 0.5) is 0 Å². The van der Waals surface area contributed by atoms with Gasteiger partial charge in [-0.1, -0.05) is 18.2 Å². The van der Waals surface area contributed by atoms with Crippen molar-refractivity contribution in [2.45, 2.75) is 52.9 Å². The van der Waals surface area contributed by atoms with Crippen LogP contribution in [0.1, 0.15) is 39.0 Å². The van der Waals surface area contributed by atoms with E-state index in [0.717, 1.165) is 36.1 Å². The average Bonchev–Trinajstić information content (AvgIpc) is 2.72. The van der Waals surface area contributed by atoms with Crippen LogP contribution in [0.25, 0.3) is 0 Å². The molecule has 1 aromatic carbocycles. The van der Waals surface area contributed by atoms with Crippen LogP contribution >= 0.6 is 0 Å². The van der Waals surface area contributed by atoms with Gasteiger partial charge in [0, 0.05) is 45.0 Å². The van der Waals surface area contributed by atoms with Crippen molar-refractivity contribution in [3.05, 3.63) is 59.9 Å². The van der Waals surface area contributed by atoms with Gasteiger partial charge in [0.2, 0.25) is 0 Å². The van der Waals surface area contributed by atoms with E-state index in [2.05, 4.69) is 59.3 Å². The van der Waals surface area contributed by atoms with Crippen LogP contribution in [0.2, 0.25) is 0 Å². The Hall–Kier alpha value is -2.60. The van der Waals surface area contributed by atoms with Crippen molar-refractivity contribution in [1.29, 1.82) is 0 Å². The van der Waals surface area contributed by atoms with Gasteiger partial charge >= 0.3 is 0 Å². The van der Waals surface area contributed by atoms with Crippen LogP contribution in [0, 0.1) is 0 Å². The Morgan fingerprint density at radius 3 is 2.52 bits per heavy atom. The fraction of sp³-hybridized carbons (Fsp3) is 0.478. The molecule has 0 bridgehead atoms. The molecule has 2 N–H and O–H groups in total. The molecule has 0 atom stereocenters. The zero-order valence-electron chi connectivity index (χ0n) is 18.4. The number of nitrogens with one attached hydrogen (secondary N) is 2. The van der Waals surface area contributed by atoms with Gasteiger partial charge in [-0.3, -0.25) is 14.9 Å². The second-order valence-electron chi connectivity index (χ2n) is 7.54. The normalized spacial score (nSPS) is 11.9. The Balaban J connectivity index is 1.80. The van der Waals surface area contributed by atoms with Gasteiger partial charge in [0.15, 0.2) is 5.96 Å². The molecule has 1 heterocycles. The lowest BCUT2D eigenvalue weighted by molar-refractivity contribution is 0.178. The molecule has 6 heteroatoms. The molecule has 0 aliphatic heterocycles. The van der Waals surface area contributed by atoms with Crippen molar-refractivity contribution in [2.75, 3.05) is 20.1 Å². The highest BCUT2D eigenvalue weighted by atomic mass is 16.5. The van der Waals surface area contributed by atoms with Gasteiger partial charge in [-0.15, -0.1) is 0 Å². The average molecular weight is 398 g/mol. The summed E-state index contributed by atoms with van der Waals surface area (Å²) in [5.41, 5.74) is 2.05. The number of rotatable bonds is 10. The molecule has 2 aromatic rings. The first-order valence-electron chi connectivity index (χ1n) is 10.3. The highest BCUT2D eigenvalue weighted by molar-refractivity contribution is 5.79. The summed E-state index contributed by atoms with van der Waals surface area (Å²) in [7, 11) is 1.80. The molecule has 0 saturated carbocycles. The molecule has 0 aliphatic carbocycles. The number of hydrogen-bond donors (Lipinski definition) is 2. The van der Waals surface area contributed by atoms with Crippen LogP contribution in [0.15, 0.2) is 53.7 Å². The van der Waals surface area contributed by atoms with E-state index in [9.17, 15) is 0 Å². The first-order chi connectivity index (χ1) is 14.0. The lowest BCUT2D eigenvalue weighted by Gasteiger charge is -2.30. The standard InChI is InChI=1S/C23H35N5O/c1-18(2)28(19(3)4)14-13-26-23(24-5)27-16-20-9-8-11-22(15-20)29-17-21-10-6-7-12-25-21/h6-12,15,18-19H,13-14,16-17H2,1-5H3,(H2,24,26,27). The fourth-order valence-electron chi connectivity index (χ4n) is 3.21. The number of benzene rings is 1. The van der Waals surface area contributed by atoms with Gasteiger partial charge in [0.1, 0.15) is 12.4 Å². The second-order valence-corrected chi connectivity index (χ2v) is 7.54. The predicted molar refractivity (Wildman–Crippen MR) is 120 cm³/mol. The Morgan fingerprint density at radius 2 is 1.86 bits per heavy atom. The number of hydrogen-bond acceptors (Lipinski definition) is 4. The maximum Gasteiger partial charge on any atom is 0.191 e. The summed E-state index contributed by atoms with van der Waals surface area (Å²) in [4.78, 5) is 11.1. The van der Waals surface area contributed by atoms with E-state index in [1.54, 1.807) is 13.2 Å². The molecule has 0 unspecified atom stereocenters. The van der Waals surface area contributed by atoms with Crippen molar-refractivity contribution < 1.29 is 4.74 Å². The third-order valence-corrected chi connectivity index (χ3v) is 4.68. The minimum atomic E-state index is 0.461. The quantitative estimate of drug-likeness (QED) is 0.475.